The van der Waals surface area contributed by atoms with Crippen LogP contribution in [-0.2, 0) is 13.1 Å². The first kappa shape index (κ1) is 13.1. The standard InChI is InChI=1S/C11H13Cl2N5/c1-2-6-18-16-11(15-17-18)14-7-8-4-3-5-9(12)10(8)13/h3-5H,2,6-7H2,1H3,(H,14,16). The van der Waals surface area contributed by atoms with Crippen LogP contribution in [0.4, 0.5) is 5.95 Å². The lowest BCUT2D eigenvalue weighted by molar-refractivity contribution is 0.515. The number of anilines is 1. The van der Waals surface area contributed by atoms with Gasteiger partial charge in [0.05, 0.1) is 16.6 Å². The van der Waals surface area contributed by atoms with Crippen molar-refractivity contribution in [3.05, 3.63) is 33.8 Å². The molecule has 0 saturated heterocycles. The summed E-state index contributed by atoms with van der Waals surface area (Å²) in [7, 11) is 0. The lowest BCUT2D eigenvalue weighted by atomic mass is 10.2. The van der Waals surface area contributed by atoms with E-state index in [0.29, 0.717) is 22.5 Å². The molecule has 1 aromatic carbocycles. The number of hydrogen-bond donors (Lipinski definition) is 1. The average Bonchev–Trinajstić information content (AvgIpc) is 2.79. The van der Waals surface area contributed by atoms with Crippen LogP contribution < -0.4 is 5.32 Å². The van der Waals surface area contributed by atoms with Crippen molar-refractivity contribution in [1.29, 1.82) is 0 Å². The minimum atomic E-state index is 0.486. The van der Waals surface area contributed by atoms with Crippen LogP contribution in [0, 0.1) is 0 Å². The SMILES string of the molecule is CCCn1nnc(NCc2cccc(Cl)c2Cl)n1. The molecule has 0 spiro atoms. The Morgan fingerprint density at radius 3 is 2.94 bits per heavy atom. The van der Waals surface area contributed by atoms with E-state index in [0.717, 1.165) is 18.5 Å². The van der Waals surface area contributed by atoms with E-state index in [1.165, 1.54) is 0 Å². The zero-order chi connectivity index (χ0) is 13.0. The number of benzene rings is 1. The average molecular weight is 286 g/mol. The fourth-order valence-electron chi connectivity index (χ4n) is 1.47. The predicted octanol–water partition coefficient (Wildman–Crippen LogP) is 3.00. The summed E-state index contributed by atoms with van der Waals surface area (Å²) in [5.74, 6) is 0.486. The van der Waals surface area contributed by atoms with Crippen molar-refractivity contribution in [3.63, 3.8) is 0 Å². The molecule has 0 radical (unpaired) electrons. The molecule has 1 aromatic heterocycles. The zero-order valence-electron chi connectivity index (χ0n) is 9.90. The Hall–Kier alpha value is -1.33. The van der Waals surface area contributed by atoms with Gasteiger partial charge in [-0.05, 0) is 23.3 Å². The van der Waals surface area contributed by atoms with Crippen LogP contribution in [0.2, 0.25) is 10.0 Å². The van der Waals surface area contributed by atoms with Crippen molar-refractivity contribution in [2.45, 2.75) is 26.4 Å². The van der Waals surface area contributed by atoms with Crippen molar-refractivity contribution < 1.29 is 0 Å². The van der Waals surface area contributed by atoms with E-state index in [9.17, 15) is 0 Å². The number of rotatable bonds is 5. The van der Waals surface area contributed by atoms with Gasteiger partial charge in [-0.3, -0.25) is 0 Å². The third kappa shape index (κ3) is 3.11. The maximum atomic E-state index is 6.08. The second kappa shape index (κ2) is 6.02. The van der Waals surface area contributed by atoms with Gasteiger partial charge in [-0.2, -0.15) is 4.80 Å². The number of halogens is 2. The summed E-state index contributed by atoms with van der Waals surface area (Å²) in [6.07, 6.45) is 0.968. The van der Waals surface area contributed by atoms with Gasteiger partial charge in [0.25, 0.3) is 5.95 Å². The van der Waals surface area contributed by atoms with Crippen LogP contribution in [0.1, 0.15) is 18.9 Å². The molecule has 0 aliphatic heterocycles. The summed E-state index contributed by atoms with van der Waals surface area (Å²) in [6.45, 7) is 3.33. The van der Waals surface area contributed by atoms with E-state index in [4.69, 9.17) is 23.2 Å². The molecule has 0 aliphatic carbocycles. The second-order valence-corrected chi connectivity index (χ2v) is 4.56. The molecule has 2 aromatic rings. The number of aromatic nitrogens is 4. The van der Waals surface area contributed by atoms with Crippen LogP contribution in [0.3, 0.4) is 0 Å². The molecule has 0 bridgehead atoms. The molecule has 0 aliphatic rings. The van der Waals surface area contributed by atoms with E-state index in [2.05, 4.69) is 27.7 Å². The molecular weight excluding hydrogens is 273 g/mol. The van der Waals surface area contributed by atoms with Gasteiger partial charge >= 0.3 is 0 Å². The van der Waals surface area contributed by atoms with E-state index in [1.54, 1.807) is 10.9 Å². The Morgan fingerprint density at radius 2 is 2.17 bits per heavy atom. The summed E-state index contributed by atoms with van der Waals surface area (Å²) < 4.78 is 0. The van der Waals surface area contributed by atoms with Crippen molar-refractivity contribution in [3.8, 4) is 0 Å². The third-order valence-electron chi connectivity index (χ3n) is 2.34. The molecule has 0 fully saturated rings. The molecule has 0 saturated carbocycles. The number of nitrogens with zero attached hydrogens (tertiary/aromatic N) is 4. The van der Waals surface area contributed by atoms with E-state index < -0.39 is 0 Å². The van der Waals surface area contributed by atoms with Gasteiger partial charge in [0.2, 0.25) is 0 Å². The third-order valence-corrected chi connectivity index (χ3v) is 3.20. The van der Waals surface area contributed by atoms with Gasteiger partial charge in [0, 0.05) is 6.54 Å². The highest BCUT2D eigenvalue weighted by molar-refractivity contribution is 6.42. The maximum absolute atomic E-state index is 6.08. The monoisotopic (exact) mass is 285 g/mol. The number of hydrogen-bond acceptors (Lipinski definition) is 4. The number of nitrogens with one attached hydrogen (secondary N) is 1. The fourth-order valence-corrected chi connectivity index (χ4v) is 1.85. The summed E-state index contributed by atoms with van der Waals surface area (Å²) in [4.78, 5) is 1.56. The molecule has 1 N–H and O–H groups in total. The van der Waals surface area contributed by atoms with Gasteiger partial charge in [0.15, 0.2) is 0 Å². The molecular formula is C11H13Cl2N5. The highest BCUT2D eigenvalue weighted by atomic mass is 35.5. The van der Waals surface area contributed by atoms with Gasteiger partial charge < -0.3 is 5.32 Å². The van der Waals surface area contributed by atoms with Crippen molar-refractivity contribution in [1.82, 2.24) is 20.2 Å². The van der Waals surface area contributed by atoms with E-state index in [-0.39, 0.29) is 0 Å². The molecule has 7 heteroatoms. The molecule has 5 nitrogen and oxygen atoms in total. The molecule has 96 valence electrons. The first-order chi connectivity index (χ1) is 8.70. The van der Waals surface area contributed by atoms with Gasteiger partial charge in [-0.25, -0.2) is 0 Å². The summed E-state index contributed by atoms with van der Waals surface area (Å²) >= 11 is 12.0. The Kier molecular flexibility index (Phi) is 4.38. The zero-order valence-corrected chi connectivity index (χ0v) is 11.4. The lowest BCUT2D eigenvalue weighted by Crippen LogP contribution is -2.04. The van der Waals surface area contributed by atoms with Crippen LogP contribution in [0.5, 0.6) is 0 Å². The summed E-state index contributed by atoms with van der Waals surface area (Å²) in [6, 6.07) is 5.51. The summed E-state index contributed by atoms with van der Waals surface area (Å²) in [5.41, 5.74) is 0.899. The van der Waals surface area contributed by atoms with Crippen LogP contribution in [0.25, 0.3) is 0 Å². The Labute approximate surface area is 115 Å². The molecule has 18 heavy (non-hydrogen) atoms. The Balaban J connectivity index is 2.00. The fraction of sp³-hybridized carbons (Fsp3) is 0.364. The van der Waals surface area contributed by atoms with E-state index in [1.807, 2.05) is 12.1 Å². The molecule has 0 amide bonds. The van der Waals surface area contributed by atoms with Crippen molar-refractivity contribution in [2.24, 2.45) is 0 Å². The van der Waals surface area contributed by atoms with Gasteiger partial charge in [-0.1, -0.05) is 47.4 Å². The first-order valence-electron chi connectivity index (χ1n) is 5.65. The summed E-state index contributed by atoms with van der Waals surface area (Å²) in [5, 5.41) is 16.1. The largest absolute Gasteiger partial charge is 0.347 e. The molecule has 0 unspecified atom stereocenters. The van der Waals surface area contributed by atoms with Crippen molar-refractivity contribution >= 4 is 29.2 Å². The van der Waals surface area contributed by atoms with Crippen LogP contribution in [0.15, 0.2) is 18.2 Å². The molecule has 2 rings (SSSR count). The topological polar surface area (TPSA) is 55.6 Å². The smallest absolute Gasteiger partial charge is 0.263 e. The number of aryl methyl sites for hydroxylation is 1. The minimum absolute atomic E-state index is 0.486. The van der Waals surface area contributed by atoms with Crippen molar-refractivity contribution in [2.75, 3.05) is 5.32 Å². The Morgan fingerprint density at radius 1 is 1.33 bits per heavy atom. The second-order valence-electron chi connectivity index (χ2n) is 3.78. The van der Waals surface area contributed by atoms with Gasteiger partial charge in [0.1, 0.15) is 0 Å². The molecule has 1 heterocycles. The van der Waals surface area contributed by atoms with Gasteiger partial charge in [-0.15, -0.1) is 5.10 Å². The lowest BCUT2D eigenvalue weighted by Gasteiger charge is -2.05. The minimum Gasteiger partial charge on any atom is -0.347 e. The molecule has 0 atom stereocenters. The predicted molar refractivity (Wildman–Crippen MR) is 71.9 cm³/mol. The normalized spacial score (nSPS) is 10.6. The highest BCUT2D eigenvalue weighted by Crippen LogP contribution is 2.25. The first-order valence-corrected chi connectivity index (χ1v) is 6.41. The quantitative estimate of drug-likeness (QED) is 0.918. The maximum Gasteiger partial charge on any atom is 0.263 e. The van der Waals surface area contributed by atoms with Crippen LogP contribution in [-0.4, -0.2) is 20.2 Å². The Bertz CT molecular complexity index is 526. The van der Waals surface area contributed by atoms with E-state index >= 15 is 0 Å². The number of tetrazole rings is 1. The highest BCUT2D eigenvalue weighted by Gasteiger charge is 2.06. The van der Waals surface area contributed by atoms with Crippen LogP contribution >= 0.6 is 23.2 Å².